The number of benzene rings is 2. The molecule has 1 saturated heterocycles. The Morgan fingerprint density at radius 3 is 2.50 bits per heavy atom. The molecule has 3 aromatic rings. The number of carbonyl (C=O) groups excluding carboxylic acids is 1. The van der Waals surface area contributed by atoms with Gasteiger partial charge in [0.15, 0.2) is 0 Å². The van der Waals surface area contributed by atoms with Crippen LogP contribution in [0.3, 0.4) is 0 Å². The topological polar surface area (TPSA) is 73.8 Å². The number of hydrogen-bond donors (Lipinski definition) is 0. The van der Waals surface area contributed by atoms with E-state index in [1.807, 2.05) is 18.2 Å². The van der Waals surface area contributed by atoms with Gasteiger partial charge in [0.2, 0.25) is 10.0 Å². The van der Waals surface area contributed by atoms with Crippen molar-refractivity contribution in [3.63, 3.8) is 0 Å². The highest BCUT2D eigenvalue weighted by atomic mass is 32.2. The zero-order chi connectivity index (χ0) is 21.3. The van der Waals surface area contributed by atoms with E-state index in [1.54, 1.807) is 28.4 Å². The Morgan fingerprint density at radius 2 is 1.80 bits per heavy atom. The molecule has 4 rings (SSSR count). The number of aromatic nitrogens is 1. The first-order chi connectivity index (χ1) is 14.3. The first kappa shape index (κ1) is 20.9. The number of thiazole rings is 1. The summed E-state index contributed by atoms with van der Waals surface area (Å²) in [5, 5.41) is 1.08. The van der Waals surface area contributed by atoms with E-state index in [9.17, 15) is 13.2 Å². The van der Waals surface area contributed by atoms with Gasteiger partial charge >= 0.3 is 0 Å². The van der Waals surface area contributed by atoms with Gasteiger partial charge in [0.05, 0.1) is 21.7 Å². The van der Waals surface area contributed by atoms with Crippen LogP contribution in [0.1, 0.15) is 15.4 Å². The molecular weight excluding hydrogens is 420 g/mol. The van der Waals surface area contributed by atoms with Gasteiger partial charge in [0.25, 0.3) is 5.91 Å². The summed E-state index contributed by atoms with van der Waals surface area (Å²) in [6.07, 6.45) is 0. The van der Waals surface area contributed by atoms with Crippen LogP contribution in [0.2, 0.25) is 0 Å². The number of para-hydroxylation sites is 1. The van der Waals surface area contributed by atoms with Gasteiger partial charge in [0.1, 0.15) is 5.01 Å². The second-order valence-electron chi connectivity index (χ2n) is 7.46. The SMILES string of the molecule is CN(C)S(=O)(=O)c1cccc(C(=O)N2CCN(Cc3nc4ccccc4s3)CC2)c1. The van der Waals surface area contributed by atoms with Crippen molar-refractivity contribution < 1.29 is 13.2 Å². The van der Waals surface area contributed by atoms with Crippen molar-refractivity contribution in [1.82, 2.24) is 19.1 Å². The van der Waals surface area contributed by atoms with Crippen LogP contribution in [0.5, 0.6) is 0 Å². The molecule has 1 aliphatic rings. The number of hydrogen-bond acceptors (Lipinski definition) is 6. The lowest BCUT2D eigenvalue weighted by Gasteiger charge is -2.34. The van der Waals surface area contributed by atoms with Gasteiger partial charge in [0, 0.05) is 45.8 Å². The molecule has 158 valence electrons. The number of nitrogens with zero attached hydrogens (tertiary/aromatic N) is 4. The van der Waals surface area contributed by atoms with Crippen LogP contribution in [0.4, 0.5) is 0 Å². The number of sulfonamides is 1. The molecule has 0 unspecified atom stereocenters. The average Bonchev–Trinajstić information content (AvgIpc) is 3.16. The molecule has 7 nitrogen and oxygen atoms in total. The van der Waals surface area contributed by atoms with Crippen LogP contribution < -0.4 is 0 Å². The second-order valence-corrected chi connectivity index (χ2v) is 10.7. The van der Waals surface area contributed by atoms with Crippen molar-refractivity contribution in [2.75, 3.05) is 40.3 Å². The minimum absolute atomic E-state index is 0.132. The van der Waals surface area contributed by atoms with Gasteiger partial charge in [-0.3, -0.25) is 9.69 Å². The van der Waals surface area contributed by atoms with Crippen LogP contribution in [0, 0.1) is 0 Å². The highest BCUT2D eigenvalue weighted by Crippen LogP contribution is 2.23. The number of piperazine rings is 1. The number of amides is 1. The molecule has 1 fully saturated rings. The Balaban J connectivity index is 1.40. The lowest BCUT2D eigenvalue weighted by Crippen LogP contribution is -2.48. The molecule has 2 heterocycles. The summed E-state index contributed by atoms with van der Waals surface area (Å²) in [4.78, 5) is 21.8. The molecule has 1 aromatic heterocycles. The largest absolute Gasteiger partial charge is 0.336 e. The highest BCUT2D eigenvalue weighted by Gasteiger charge is 2.24. The zero-order valence-electron chi connectivity index (χ0n) is 17.0. The third-order valence-corrected chi connectivity index (χ3v) is 8.05. The predicted octanol–water partition coefficient (Wildman–Crippen LogP) is 2.50. The van der Waals surface area contributed by atoms with Gasteiger partial charge in [-0.2, -0.15) is 0 Å². The Labute approximate surface area is 180 Å². The molecule has 0 atom stereocenters. The summed E-state index contributed by atoms with van der Waals surface area (Å²) < 4.78 is 27.0. The maximum atomic E-state index is 12.9. The molecule has 1 amide bonds. The van der Waals surface area contributed by atoms with E-state index in [2.05, 4.69) is 11.0 Å². The smallest absolute Gasteiger partial charge is 0.253 e. The third kappa shape index (κ3) is 4.24. The van der Waals surface area contributed by atoms with Crippen molar-refractivity contribution in [2.24, 2.45) is 0 Å². The quantitative estimate of drug-likeness (QED) is 0.605. The lowest BCUT2D eigenvalue weighted by atomic mass is 10.2. The van der Waals surface area contributed by atoms with E-state index < -0.39 is 10.0 Å². The van der Waals surface area contributed by atoms with Crippen molar-refractivity contribution in [1.29, 1.82) is 0 Å². The van der Waals surface area contributed by atoms with E-state index in [1.165, 1.54) is 30.9 Å². The molecular formula is C21H24N4O3S2. The van der Waals surface area contributed by atoms with Crippen molar-refractivity contribution in [3.05, 3.63) is 59.1 Å². The maximum absolute atomic E-state index is 12.9. The third-order valence-electron chi connectivity index (χ3n) is 5.22. The molecule has 30 heavy (non-hydrogen) atoms. The van der Waals surface area contributed by atoms with Crippen molar-refractivity contribution >= 4 is 37.5 Å². The first-order valence-electron chi connectivity index (χ1n) is 9.73. The summed E-state index contributed by atoms with van der Waals surface area (Å²) in [5.74, 6) is -0.134. The minimum Gasteiger partial charge on any atom is -0.336 e. The number of carbonyl (C=O) groups is 1. The Kier molecular flexibility index (Phi) is 5.88. The van der Waals surface area contributed by atoms with Gasteiger partial charge in [-0.15, -0.1) is 11.3 Å². The summed E-state index contributed by atoms with van der Waals surface area (Å²) in [6.45, 7) is 3.51. The normalized spacial score (nSPS) is 15.8. The number of fused-ring (bicyclic) bond motifs is 1. The minimum atomic E-state index is -3.57. The van der Waals surface area contributed by atoms with E-state index in [0.29, 0.717) is 18.7 Å². The van der Waals surface area contributed by atoms with Gasteiger partial charge in [-0.05, 0) is 30.3 Å². The average molecular weight is 445 g/mol. The summed E-state index contributed by atoms with van der Waals surface area (Å²) in [5.41, 5.74) is 1.43. The fourth-order valence-corrected chi connectivity index (χ4v) is 5.43. The van der Waals surface area contributed by atoms with Gasteiger partial charge in [-0.1, -0.05) is 18.2 Å². The monoisotopic (exact) mass is 444 g/mol. The van der Waals surface area contributed by atoms with Crippen LogP contribution in [-0.4, -0.2) is 73.7 Å². The molecule has 0 N–H and O–H groups in total. The first-order valence-corrected chi connectivity index (χ1v) is 12.0. The summed E-state index contributed by atoms with van der Waals surface area (Å²) in [7, 11) is -0.608. The molecule has 0 aliphatic carbocycles. The van der Waals surface area contributed by atoms with Gasteiger partial charge in [-0.25, -0.2) is 17.7 Å². The second kappa shape index (κ2) is 8.43. The zero-order valence-corrected chi connectivity index (χ0v) is 18.6. The molecule has 0 bridgehead atoms. The van der Waals surface area contributed by atoms with E-state index in [4.69, 9.17) is 4.98 Å². The molecule has 2 aromatic carbocycles. The fraction of sp³-hybridized carbons (Fsp3) is 0.333. The van der Waals surface area contributed by atoms with E-state index >= 15 is 0 Å². The molecule has 0 spiro atoms. The predicted molar refractivity (Wildman–Crippen MR) is 118 cm³/mol. The summed E-state index contributed by atoms with van der Waals surface area (Å²) >= 11 is 1.71. The lowest BCUT2D eigenvalue weighted by molar-refractivity contribution is 0.0628. The Hall–Kier alpha value is -2.33. The molecule has 9 heteroatoms. The van der Waals surface area contributed by atoms with Crippen LogP contribution in [0.25, 0.3) is 10.2 Å². The summed E-state index contributed by atoms with van der Waals surface area (Å²) in [6, 6.07) is 14.4. The van der Waals surface area contributed by atoms with E-state index in [-0.39, 0.29) is 10.8 Å². The Morgan fingerprint density at radius 1 is 1.07 bits per heavy atom. The fourth-order valence-electron chi connectivity index (χ4n) is 3.47. The molecule has 0 radical (unpaired) electrons. The number of rotatable bonds is 5. The van der Waals surface area contributed by atoms with Crippen molar-refractivity contribution in [2.45, 2.75) is 11.4 Å². The van der Waals surface area contributed by atoms with Gasteiger partial charge < -0.3 is 4.90 Å². The van der Waals surface area contributed by atoms with E-state index in [0.717, 1.165) is 34.5 Å². The Bertz CT molecular complexity index is 1130. The molecule has 0 saturated carbocycles. The van der Waals surface area contributed by atoms with Crippen LogP contribution in [-0.2, 0) is 16.6 Å². The molecule has 1 aliphatic heterocycles. The highest BCUT2D eigenvalue weighted by molar-refractivity contribution is 7.89. The van der Waals surface area contributed by atoms with Crippen LogP contribution in [0.15, 0.2) is 53.4 Å². The van der Waals surface area contributed by atoms with Crippen LogP contribution >= 0.6 is 11.3 Å². The standard InChI is InChI=1S/C21H24N4O3S2/c1-23(2)30(27,28)17-7-5-6-16(14-17)21(26)25-12-10-24(11-13-25)15-20-22-18-8-3-4-9-19(18)29-20/h3-9,14H,10-13,15H2,1-2H3. The maximum Gasteiger partial charge on any atom is 0.253 e. The van der Waals surface area contributed by atoms with Crippen molar-refractivity contribution in [3.8, 4) is 0 Å².